The fourth-order valence-electron chi connectivity index (χ4n) is 1.70. The third kappa shape index (κ3) is 3.26. The molecule has 5 heteroatoms. The van der Waals surface area contributed by atoms with Gasteiger partial charge in [-0.15, -0.1) is 0 Å². The molecular weight excluding hydrogens is 254 g/mol. The first-order valence-electron chi connectivity index (χ1n) is 6.18. The van der Waals surface area contributed by atoms with E-state index in [1.807, 2.05) is 43.3 Å². The molecule has 0 aliphatic rings. The zero-order valence-corrected chi connectivity index (χ0v) is 11.8. The van der Waals surface area contributed by atoms with Crippen LogP contribution in [0.3, 0.4) is 0 Å². The molecule has 0 radical (unpaired) electrons. The number of pyridine rings is 1. The smallest absolute Gasteiger partial charge is 0.161 e. The summed E-state index contributed by atoms with van der Waals surface area (Å²) >= 11 is 0. The Morgan fingerprint density at radius 2 is 1.90 bits per heavy atom. The summed E-state index contributed by atoms with van der Waals surface area (Å²) in [5.74, 6) is 2.08. The highest BCUT2D eigenvalue weighted by atomic mass is 16.5. The van der Waals surface area contributed by atoms with Gasteiger partial charge in [0.05, 0.1) is 19.9 Å². The molecule has 1 N–H and O–H groups in total. The normalized spacial score (nSPS) is 11.1. The second-order valence-electron chi connectivity index (χ2n) is 4.09. The first-order valence-corrected chi connectivity index (χ1v) is 6.18. The summed E-state index contributed by atoms with van der Waals surface area (Å²) < 4.78 is 10.5. The highest BCUT2D eigenvalue weighted by Crippen LogP contribution is 2.27. The Morgan fingerprint density at radius 3 is 2.55 bits per heavy atom. The third-order valence-electron chi connectivity index (χ3n) is 2.80. The van der Waals surface area contributed by atoms with Crippen molar-refractivity contribution < 1.29 is 9.47 Å². The van der Waals surface area contributed by atoms with Crippen molar-refractivity contribution in [1.82, 2.24) is 4.98 Å². The van der Waals surface area contributed by atoms with Crippen molar-refractivity contribution >= 4 is 11.5 Å². The van der Waals surface area contributed by atoms with Gasteiger partial charge in [-0.05, 0) is 37.3 Å². The van der Waals surface area contributed by atoms with Crippen LogP contribution >= 0.6 is 0 Å². The molecule has 1 aromatic carbocycles. The second kappa shape index (κ2) is 6.56. The molecule has 0 amide bonds. The monoisotopic (exact) mass is 271 g/mol. The predicted octanol–water partition coefficient (Wildman–Crippen LogP) is 2.93. The van der Waals surface area contributed by atoms with Crippen molar-refractivity contribution in [3.05, 3.63) is 48.2 Å². The molecule has 0 spiro atoms. The lowest BCUT2D eigenvalue weighted by Gasteiger charge is -2.09. The van der Waals surface area contributed by atoms with E-state index >= 15 is 0 Å². The number of nitrogens with one attached hydrogen (secondary N) is 1. The first kappa shape index (κ1) is 13.9. The number of rotatable bonds is 5. The number of nitrogens with zero attached hydrogens (tertiary/aromatic N) is 2. The van der Waals surface area contributed by atoms with E-state index in [4.69, 9.17) is 9.47 Å². The number of aromatic nitrogens is 1. The van der Waals surface area contributed by atoms with Crippen LogP contribution in [0.15, 0.2) is 47.7 Å². The zero-order valence-electron chi connectivity index (χ0n) is 11.8. The van der Waals surface area contributed by atoms with Crippen LogP contribution in [0.5, 0.6) is 11.5 Å². The van der Waals surface area contributed by atoms with Crippen LogP contribution in [-0.2, 0) is 0 Å². The number of ether oxygens (including phenoxy) is 2. The van der Waals surface area contributed by atoms with Gasteiger partial charge in [-0.1, -0.05) is 6.07 Å². The van der Waals surface area contributed by atoms with E-state index in [2.05, 4.69) is 15.5 Å². The Hall–Kier alpha value is -2.56. The molecule has 0 fully saturated rings. The van der Waals surface area contributed by atoms with Gasteiger partial charge in [0.2, 0.25) is 0 Å². The van der Waals surface area contributed by atoms with Crippen molar-refractivity contribution in [2.75, 3.05) is 19.6 Å². The van der Waals surface area contributed by atoms with Gasteiger partial charge in [-0.25, -0.2) is 4.98 Å². The standard InChI is InChI=1S/C15H17N3O2/c1-11(17-18-15-6-4-5-9-16-15)12-7-8-13(19-2)14(10-12)20-3/h4-10H,1-3H3,(H,16,18)/b17-11+. The molecule has 0 aliphatic carbocycles. The third-order valence-corrected chi connectivity index (χ3v) is 2.80. The van der Waals surface area contributed by atoms with Crippen LogP contribution in [0, 0.1) is 0 Å². The maximum atomic E-state index is 5.28. The van der Waals surface area contributed by atoms with E-state index in [1.165, 1.54) is 0 Å². The molecule has 0 saturated carbocycles. The van der Waals surface area contributed by atoms with Crippen molar-refractivity contribution in [2.24, 2.45) is 5.10 Å². The van der Waals surface area contributed by atoms with Crippen LogP contribution in [0.4, 0.5) is 5.82 Å². The number of anilines is 1. The summed E-state index contributed by atoms with van der Waals surface area (Å²) in [5.41, 5.74) is 4.69. The number of benzene rings is 1. The Kier molecular flexibility index (Phi) is 4.55. The van der Waals surface area contributed by atoms with E-state index < -0.39 is 0 Å². The highest BCUT2D eigenvalue weighted by Gasteiger charge is 2.06. The lowest BCUT2D eigenvalue weighted by Crippen LogP contribution is -2.01. The second-order valence-corrected chi connectivity index (χ2v) is 4.09. The molecular formula is C15H17N3O2. The lowest BCUT2D eigenvalue weighted by molar-refractivity contribution is 0.355. The van der Waals surface area contributed by atoms with Crippen LogP contribution < -0.4 is 14.9 Å². The summed E-state index contributed by atoms with van der Waals surface area (Å²) in [6, 6.07) is 11.3. The lowest BCUT2D eigenvalue weighted by atomic mass is 10.1. The molecule has 0 aliphatic heterocycles. The van der Waals surface area contributed by atoms with Crippen molar-refractivity contribution in [2.45, 2.75) is 6.92 Å². The SMILES string of the molecule is COc1ccc(/C(C)=N/Nc2ccccn2)cc1OC. The van der Waals surface area contributed by atoms with Crippen LogP contribution in [0.25, 0.3) is 0 Å². The van der Waals surface area contributed by atoms with Crippen LogP contribution in [0.2, 0.25) is 0 Å². The number of hydrogen-bond acceptors (Lipinski definition) is 5. The Balaban J connectivity index is 2.18. The zero-order chi connectivity index (χ0) is 14.4. The van der Waals surface area contributed by atoms with Crippen molar-refractivity contribution in [3.8, 4) is 11.5 Å². The molecule has 5 nitrogen and oxygen atoms in total. The van der Waals surface area contributed by atoms with E-state index in [9.17, 15) is 0 Å². The van der Waals surface area contributed by atoms with Gasteiger partial charge in [-0.2, -0.15) is 5.10 Å². The molecule has 1 aromatic heterocycles. The van der Waals surface area contributed by atoms with Gasteiger partial charge in [0.1, 0.15) is 5.82 Å². The first-order chi connectivity index (χ1) is 9.74. The van der Waals surface area contributed by atoms with E-state index in [-0.39, 0.29) is 0 Å². The Bertz CT molecular complexity index is 597. The molecule has 2 rings (SSSR count). The summed E-state index contributed by atoms with van der Waals surface area (Å²) in [6.07, 6.45) is 1.71. The van der Waals surface area contributed by atoms with E-state index in [0.717, 1.165) is 11.3 Å². The van der Waals surface area contributed by atoms with Crippen LogP contribution in [-0.4, -0.2) is 24.9 Å². The van der Waals surface area contributed by atoms with Gasteiger partial charge in [-0.3, -0.25) is 5.43 Å². The molecule has 20 heavy (non-hydrogen) atoms. The largest absolute Gasteiger partial charge is 0.493 e. The van der Waals surface area contributed by atoms with E-state index in [1.54, 1.807) is 20.4 Å². The summed E-state index contributed by atoms with van der Waals surface area (Å²) in [4.78, 5) is 4.14. The van der Waals surface area contributed by atoms with Crippen molar-refractivity contribution in [1.29, 1.82) is 0 Å². The fraction of sp³-hybridized carbons (Fsp3) is 0.200. The number of methoxy groups -OCH3 is 2. The Labute approximate surface area is 118 Å². The quantitative estimate of drug-likeness (QED) is 0.671. The molecule has 0 saturated heterocycles. The van der Waals surface area contributed by atoms with Crippen molar-refractivity contribution in [3.63, 3.8) is 0 Å². The van der Waals surface area contributed by atoms with Gasteiger partial charge in [0.15, 0.2) is 11.5 Å². The van der Waals surface area contributed by atoms with Gasteiger partial charge < -0.3 is 9.47 Å². The Morgan fingerprint density at radius 1 is 1.10 bits per heavy atom. The minimum atomic E-state index is 0.678. The van der Waals surface area contributed by atoms with Crippen LogP contribution in [0.1, 0.15) is 12.5 Å². The maximum Gasteiger partial charge on any atom is 0.161 e. The molecule has 2 aromatic rings. The topological polar surface area (TPSA) is 55.7 Å². The summed E-state index contributed by atoms with van der Waals surface area (Å²) in [6.45, 7) is 1.91. The fourth-order valence-corrected chi connectivity index (χ4v) is 1.70. The minimum Gasteiger partial charge on any atom is -0.493 e. The molecule has 0 atom stereocenters. The van der Waals surface area contributed by atoms with Gasteiger partial charge >= 0.3 is 0 Å². The molecule has 0 unspecified atom stereocenters. The summed E-state index contributed by atoms with van der Waals surface area (Å²) in [7, 11) is 3.22. The molecule has 1 heterocycles. The molecule has 104 valence electrons. The average molecular weight is 271 g/mol. The number of hydrazone groups is 1. The maximum absolute atomic E-state index is 5.28. The minimum absolute atomic E-state index is 0.678. The average Bonchev–Trinajstić information content (AvgIpc) is 2.52. The molecule has 0 bridgehead atoms. The predicted molar refractivity (Wildman–Crippen MR) is 79.6 cm³/mol. The summed E-state index contributed by atoms with van der Waals surface area (Å²) in [5, 5.41) is 4.30. The van der Waals surface area contributed by atoms with Gasteiger partial charge in [0, 0.05) is 11.8 Å². The van der Waals surface area contributed by atoms with Gasteiger partial charge in [0.25, 0.3) is 0 Å². The number of hydrogen-bond donors (Lipinski definition) is 1. The van der Waals surface area contributed by atoms with E-state index in [0.29, 0.717) is 17.3 Å². The highest BCUT2D eigenvalue weighted by molar-refractivity contribution is 5.99.